The number of benzene rings is 2. The first-order chi connectivity index (χ1) is 12.4. The van der Waals surface area contributed by atoms with Gasteiger partial charge in [0, 0.05) is 10.6 Å². The molecular weight excluding hydrogens is 360 g/mol. The fourth-order valence-corrected chi connectivity index (χ4v) is 2.59. The van der Waals surface area contributed by atoms with E-state index in [2.05, 4.69) is 0 Å². The number of methoxy groups -OCH3 is 1. The van der Waals surface area contributed by atoms with E-state index in [4.69, 9.17) is 30.6 Å². The summed E-state index contributed by atoms with van der Waals surface area (Å²) in [5, 5.41) is 9.70. The Labute approximate surface area is 153 Å². The maximum absolute atomic E-state index is 12.9. The number of rotatable bonds is 5. The molecule has 1 N–H and O–H groups in total. The predicted octanol–water partition coefficient (Wildman–Crippen LogP) is 3.97. The van der Waals surface area contributed by atoms with Crippen molar-refractivity contribution in [2.45, 2.75) is 13.0 Å². The highest BCUT2D eigenvalue weighted by atomic mass is 35.5. The van der Waals surface area contributed by atoms with Gasteiger partial charge >= 0.3 is 5.97 Å². The SMILES string of the molecule is COc1ccc(-c2oc3ccc(Cl)cc3c(=O)c2O[C@@H](C)C(=O)O)cc1. The molecule has 0 amide bonds. The van der Waals surface area contributed by atoms with Gasteiger partial charge in [0.25, 0.3) is 0 Å². The Kier molecular flexibility index (Phi) is 4.86. The topological polar surface area (TPSA) is 86.0 Å². The molecule has 0 fully saturated rings. The van der Waals surface area contributed by atoms with Crippen molar-refractivity contribution in [2.75, 3.05) is 7.11 Å². The molecule has 26 heavy (non-hydrogen) atoms. The summed E-state index contributed by atoms with van der Waals surface area (Å²) >= 11 is 5.96. The molecule has 0 aliphatic rings. The van der Waals surface area contributed by atoms with Crippen molar-refractivity contribution in [3.63, 3.8) is 0 Å². The molecule has 1 heterocycles. The van der Waals surface area contributed by atoms with Crippen LogP contribution in [0.1, 0.15) is 6.92 Å². The highest BCUT2D eigenvalue weighted by molar-refractivity contribution is 6.31. The second-order valence-corrected chi connectivity index (χ2v) is 5.99. The van der Waals surface area contributed by atoms with Gasteiger partial charge in [-0.3, -0.25) is 4.79 Å². The van der Waals surface area contributed by atoms with Crippen LogP contribution in [0.15, 0.2) is 51.7 Å². The first kappa shape index (κ1) is 17.8. The van der Waals surface area contributed by atoms with Crippen LogP contribution in [0.5, 0.6) is 11.5 Å². The molecule has 0 aliphatic heterocycles. The summed E-state index contributed by atoms with van der Waals surface area (Å²) < 4.78 is 16.4. The average Bonchev–Trinajstić information content (AvgIpc) is 2.64. The smallest absolute Gasteiger partial charge is 0.344 e. The van der Waals surface area contributed by atoms with Gasteiger partial charge in [0.2, 0.25) is 11.2 Å². The Morgan fingerprint density at radius 3 is 2.50 bits per heavy atom. The van der Waals surface area contributed by atoms with Crippen LogP contribution in [0, 0.1) is 0 Å². The van der Waals surface area contributed by atoms with E-state index >= 15 is 0 Å². The fourth-order valence-electron chi connectivity index (χ4n) is 2.42. The summed E-state index contributed by atoms with van der Waals surface area (Å²) in [5.41, 5.74) is 0.376. The molecule has 0 radical (unpaired) electrons. The van der Waals surface area contributed by atoms with Crippen molar-refractivity contribution in [1.82, 2.24) is 0 Å². The number of carboxylic acids is 1. The van der Waals surface area contributed by atoms with Gasteiger partial charge in [0.05, 0.1) is 12.5 Å². The number of carboxylic acid groups (broad SMARTS) is 1. The fraction of sp³-hybridized carbons (Fsp3) is 0.158. The van der Waals surface area contributed by atoms with Crippen LogP contribution in [0.25, 0.3) is 22.3 Å². The minimum atomic E-state index is -1.23. The maximum Gasteiger partial charge on any atom is 0.344 e. The van der Waals surface area contributed by atoms with Crippen LogP contribution >= 0.6 is 11.6 Å². The van der Waals surface area contributed by atoms with Crippen molar-refractivity contribution >= 4 is 28.5 Å². The Morgan fingerprint density at radius 2 is 1.88 bits per heavy atom. The van der Waals surface area contributed by atoms with Crippen LogP contribution in [0.4, 0.5) is 0 Å². The van der Waals surface area contributed by atoms with E-state index < -0.39 is 17.5 Å². The van der Waals surface area contributed by atoms with E-state index in [0.717, 1.165) is 0 Å². The van der Waals surface area contributed by atoms with E-state index in [1.807, 2.05) is 0 Å². The molecule has 1 aromatic heterocycles. The van der Waals surface area contributed by atoms with Gasteiger partial charge in [0.1, 0.15) is 11.3 Å². The highest BCUT2D eigenvalue weighted by Gasteiger charge is 2.22. The quantitative estimate of drug-likeness (QED) is 0.727. The van der Waals surface area contributed by atoms with E-state index in [1.165, 1.54) is 20.1 Å². The zero-order chi connectivity index (χ0) is 18.8. The number of ether oxygens (including phenoxy) is 2. The lowest BCUT2D eigenvalue weighted by atomic mass is 10.1. The number of hydrogen-bond acceptors (Lipinski definition) is 5. The summed E-state index contributed by atoms with van der Waals surface area (Å²) in [4.78, 5) is 24.1. The first-order valence-corrected chi connectivity index (χ1v) is 8.08. The van der Waals surface area contributed by atoms with Gasteiger partial charge < -0.3 is 19.0 Å². The van der Waals surface area contributed by atoms with Crippen molar-refractivity contribution < 1.29 is 23.8 Å². The second kappa shape index (κ2) is 7.09. The molecule has 0 saturated heterocycles. The van der Waals surface area contributed by atoms with Gasteiger partial charge in [-0.1, -0.05) is 11.6 Å². The molecule has 1 atom stereocenters. The molecular formula is C19H15ClO6. The molecule has 0 bridgehead atoms. The number of halogens is 1. The first-order valence-electron chi connectivity index (χ1n) is 7.71. The largest absolute Gasteiger partial charge is 0.497 e. The summed E-state index contributed by atoms with van der Waals surface area (Å²) in [5.74, 6) is -0.610. The van der Waals surface area contributed by atoms with Crippen molar-refractivity contribution in [3.05, 3.63) is 57.7 Å². The molecule has 3 rings (SSSR count). The number of aliphatic carboxylic acids is 1. The second-order valence-electron chi connectivity index (χ2n) is 5.56. The summed E-state index contributed by atoms with van der Waals surface area (Å²) in [7, 11) is 1.54. The van der Waals surface area contributed by atoms with E-state index in [-0.39, 0.29) is 16.9 Å². The molecule has 3 aromatic rings. The average molecular weight is 375 g/mol. The van der Waals surface area contributed by atoms with Crippen LogP contribution in [0.3, 0.4) is 0 Å². The van der Waals surface area contributed by atoms with E-state index in [1.54, 1.807) is 36.4 Å². The van der Waals surface area contributed by atoms with E-state index in [0.29, 0.717) is 21.9 Å². The summed E-state index contributed by atoms with van der Waals surface area (Å²) in [6, 6.07) is 11.4. The Bertz CT molecular complexity index is 1020. The van der Waals surface area contributed by atoms with Gasteiger partial charge in [-0.05, 0) is 49.4 Å². The lowest BCUT2D eigenvalue weighted by Crippen LogP contribution is -2.26. The predicted molar refractivity (Wildman–Crippen MR) is 97.2 cm³/mol. The van der Waals surface area contributed by atoms with Crippen LogP contribution in [-0.2, 0) is 4.79 Å². The van der Waals surface area contributed by atoms with E-state index in [9.17, 15) is 9.59 Å². The monoisotopic (exact) mass is 374 g/mol. The lowest BCUT2D eigenvalue weighted by molar-refractivity contribution is -0.144. The Balaban J connectivity index is 2.25. The molecule has 2 aromatic carbocycles. The third kappa shape index (κ3) is 3.36. The molecule has 6 nitrogen and oxygen atoms in total. The molecule has 7 heteroatoms. The molecule has 0 saturated carbocycles. The minimum absolute atomic E-state index is 0.139. The van der Waals surface area contributed by atoms with Gasteiger partial charge in [-0.25, -0.2) is 4.79 Å². The number of hydrogen-bond donors (Lipinski definition) is 1. The minimum Gasteiger partial charge on any atom is -0.497 e. The van der Waals surface area contributed by atoms with Crippen molar-refractivity contribution in [3.8, 4) is 22.8 Å². The van der Waals surface area contributed by atoms with Crippen molar-refractivity contribution in [2.24, 2.45) is 0 Å². The third-order valence-electron chi connectivity index (χ3n) is 3.81. The van der Waals surface area contributed by atoms with Crippen molar-refractivity contribution in [1.29, 1.82) is 0 Å². The Hall–Kier alpha value is -2.99. The normalized spacial score (nSPS) is 12.0. The zero-order valence-electron chi connectivity index (χ0n) is 14.0. The van der Waals surface area contributed by atoms with Crippen LogP contribution in [-0.4, -0.2) is 24.3 Å². The number of carbonyl (C=O) groups is 1. The lowest BCUT2D eigenvalue weighted by Gasteiger charge is -2.14. The molecule has 0 aliphatic carbocycles. The van der Waals surface area contributed by atoms with Gasteiger partial charge in [-0.2, -0.15) is 0 Å². The van der Waals surface area contributed by atoms with Gasteiger partial charge in [0.15, 0.2) is 11.9 Å². The molecule has 0 spiro atoms. The third-order valence-corrected chi connectivity index (χ3v) is 4.04. The van der Waals surface area contributed by atoms with Crippen LogP contribution < -0.4 is 14.9 Å². The van der Waals surface area contributed by atoms with Crippen LogP contribution in [0.2, 0.25) is 5.02 Å². The summed E-state index contributed by atoms with van der Waals surface area (Å²) in [6.07, 6.45) is -1.23. The zero-order valence-corrected chi connectivity index (χ0v) is 14.7. The highest BCUT2D eigenvalue weighted by Crippen LogP contribution is 2.33. The molecule has 0 unspecified atom stereocenters. The standard InChI is InChI=1S/C19H15ClO6/c1-10(19(22)23)25-18-16(21)14-9-12(20)5-8-15(14)26-17(18)11-3-6-13(24-2)7-4-11/h3-10H,1-2H3,(H,22,23)/t10-/m0/s1. The number of fused-ring (bicyclic) bond motifs is 1. The Morgan fingerprint density at radius 1 is 1.19 bits per heavy atom. The maximum atomic E-state index is 12.9. The summed E-state index contributed by atoms with van der Waals surface area (Å²) in [6.45, 7) is 1.34. The van der Waals surface area contributed by atoms with Gasteiger partial charge in [-0.15, -0.1) is 0 Å². The molecule has 134 valence electrons.